The average molecular weight is 297 g/mol. The van der Waals surface area contributed by atoms with Crippen molar-refractivity contribution >= 4 is 15.9 Å². The molecule has 2 N–H and O–H groups in total. The van der Waals surface area contributed by atoms with Crippen LogP contribution in [0, 0.1) is 0 Å². The molecule has 1 saturated heterocycles. The minimum Gasteiger partial charge on any atom is -0.333 e. The van der Waals surface area contributed by atoms with Crippen LogP contribution in [0.3, 0.4) is 0 Å². The predicted octanol–water partition coefficient (Wildman–Crippen LogP) is 0.0286. The Balaban J connectivity index is 2.29. The molecule has 1 heterocycles. The molecule has 0 aromatic heterocycles. The molecule has 2 rings (SSSR count). The summed E-state index contributed by atoms with van der Waals surface area (Å²) in [6.07, 6.45) is 0. The van der Waals surface area contributed by atoms with E-state index in [4.69, 9.17) is 0 Å². The van der Waals surface area contributed by atoms with Gasteiger partial charge in [0.25, 0.3) is 5.91 Å². The molecule has 1 aliphatic heterocycles. The molecule has 0 bridgehead atoms. The third kappa shape index (κ3) is 3.00. The second kappa shape index (κ2) is 5.90. The molecule has 1 amide bonds. The van der Waals surface area contributed by atoms with Crippen LogP contribution in [0.15, 0.2) is 29.2 Å². The third-order valence-electron chi connectivity index (χ3n) is 3.42. The number of carbonyl (C=O) groups is 1. The fourth-order valence-electron chi connectivity index (χ4n) is 2.22. The molecule has 0 saturated carbocycles. The Morgan fingerprint density at radius 1 is 1.45 bits per heavy atom. The second-order valence-electron chi connectivity index (χ2n) is 4.79. The van der Waals surface area contributed by atoms with E-state index < -0.39 is 10.0 Å². The molecule has 1 atom stereocenters. The molecule has 1 aliphatic rings. The molecule has 110 valence electrons. The van der Waals surface area contributed by atoms with Crippen LogP contribution >= 0.6 is 0 Å². The SMILES string of the molecule is CNS(=O)(=O)c1cccc(C(=O)N2CCNC[C@H]2C)c1. The highest BCUT2D eigenvalue weighted by Gasteiger charge is 2.24. The number of amides is 1. The Labute approximate surface area is 119 Å². The van der Waals surface area contributed by atoms with Gasteiger partial charge < -0.3 is 10.2 Å². The highest BCUT2D eigenvalue weighted by Crippen LogP contribution is 2.15. The van der Waals surface area contributed by atoms with Crippen LogP contribution in [0.5, 0.6) is 0 Å². The molecule has 6 nitrogen and oxygen atoms in total. The zero-order valence-corrected chi connectivity index (χ0v) is 12.4. The smallest absolute Gasteiger partial charge is 0.254 e. The van der Waals surface area contributed by atoms with E-state index in [1.807, 2.05) is 6.92 Å². The van der Waals surface area contributed by atoms with Crippen LogP contribution in [0.1, 0.15) is 17.3 Å². The van der Waals surface area contributed by atoms with Gasteiger partial charge in [-0.1, -0.05) is 6.07 Å². The summed E-state index contributed by atoms with van der Waals surface area (Å²) in [5.74, 6) is -0.132. The number of nitrogens with zero attached hydrogens (tertiary/aromatic N) is 1. The van der Waals surface area contributed by atoms with Gasteiger partial charge in [0.15, 0.2) is 0 Å². The van der Waals surface area contributed by atoms with Crippen molar-refractivity contribution in [2.75, 3.05) is 26.7 Å². The summed E-state index contributed by atoms with van der Waals surface area (Å²) in [6, 6.07) is 6.23. The lowest BCUT2D eigenvalue weighted by molar-refractivity contribution is 0.0655. The van der Waals surface area contributed by atoms with Gasteiger partial charge in [-0.25, -0.2) is 13.1 Å². The van der Waals surface area contributed by atoms with E-state index in [1.54, 1.807) is 17.0 Å². The van der Waals surface area contributed by atoms with Crippen LogP contribution in [0.2, 0.25) is 0 Å². The highest BCUT2D eigenvalue weighted by atomic mass is 32.2. The molecule has 20 heavy (non-hydrogen) atoms. The second-order valence-corrected chi connectivity index (χ2v) is 6.67. The summed E-state index contributed by atoms with van der Waals surface area (Å²) in [4.78, 5) is 14.3. The predicted molar refractivity (Wildman–Crippen MR) is 76.1 cm³/mol. The monoisotopic (exact) mass is 297 g/mol. The van der Waals surface area contributed by atoms with Crippen molar-refractivity contribution in [3.63, 3.8) is 0 Å². The fourth-order valence-corrected chi connectivity index (χ4v) is 3.00. The summed E-state index contributed by atoms with van der Waals surface area (Å²) in [5, 5.41) is 3.22. The van der Waals surface area contributed by atoms with Crippen molar-refractivity contribution in [1.29, 1.82) is 0 Å². The minimum absolute atomic E-state index is 0.0980. The first-order valence-electron chi connectivity index (χ1n) is 6.51. The molecule has 1 aromatic carbocycles. The van der Waals surface area contributed by atoms with Gasteiger partial charge in [0.05, 0.1) is 4.90 Å². The van der Waals surface area contributed by atoms with Gasteiger partial charge in [-0.05, 0) is 32.2 Å². The van der Waals surface area contributed by atoms with Crippen LogP contribution in [-0.4, -0.2) is 51.9 Å². The largest absolute Gasteiger partial charge is 0.333 e. The van der Waals surface area contributed by atoms with E-state index in [-0.39, 0.29) is 16.8 Å². The first-order valence-corrected chi connectivity index (χ1v) is 7.99. The van der Waals surface area contributed by atoms with E-state index in [0.29, 0.717) is 12.1 Å². The van der Waals surface area contributed by atoms with Gasteiger partial charge in [0.2, 0.25) is 10.0 Å². The summed E-state index contributed by atoms with van der Waals surface area (Å²) >= 11 is 0. The van der Waals surface area contributed by atoms with Gasteiger partial charge in [-0.15, -0.1) is 0 Å². The molecule has 0 aliphatic carbocycles. The molecule has 1 aromatic rings. The molecule has 0 spiro atoms. The maximum Gasteiger partial charge on any atom is 0.254 e. The molecule has 1 fully saturated rings. The Hall–Kier alpha value is -1.44. The Bertz CT molecular complexity index is 601. The quantitative estimate of drug-likeness (QED) is 0.825. The number of hydrogen-bond donors (Lipinski definition) is 2. The Morgan fingerprint density at radius 2 is 2.20 bits per heavy atom. The van der Waals surface area contributed by atoms with E-state index in [2.05, 4.69) is 10.0 Å². The van der Waals surface area contributed by atoms with E-state index in [1.165, 1.54) is 19.2 Å². The third-order valence-corrected chi connectivity index (χ3v) is 4.83. The van der Waals surface area contributed by atoms with Crippen LogP contribution in [0.4, 0.5) is 0 Å². The van der Waals surface area contributed by atoms with Gasteiger partial charge in [0, 0.05) is 31.2 Å². The first kappa shape index (κ1) is 15.0. The fraction of sp³-hybridized carbons (Fsp3) is 0.462. The van der Waals surface area contributed by atoms with Crippen LogP contribution in [0.25, 0.3) is 0 Å². The van der Waals surface area contributed by atoms with Crippen molar-refractivity contribution in [2.24, 2.45) is 0 Å². The summed E-state index contributed by atoms with van der Waals surface area (Å²) < 4.78 is 25.8. The number of piperazine rings is 1. The van der Waals surface area contributed by atoms with Gasteiger partial charge >= 0.3 is 0 Å². The minimum atomic E-state index is -3.53. The number of carbonyl (C=O) groups excluding carboxylic acids is 1. The molecular formula is C13H19N3O3S. The van der Waals surface area contributed by atoms with Gasteiger partial charge in [0.1, 0.15) is 0 Å². The summed E-state index contributed by atoms with van der Waals surface area (Å²) in [5.41, 5.74) is 0.398. The number of benzene rings is 1. The lowest BCUT2D eigenvalue weighted by Gasteiger charge is -2.34. The molecule has 7 heteroatoms. The van der Waals surface area contributed by atoms with Crippen LogP contribution < -0.4 is 10.0 Å². The lowest BCUT2D eigenvalue weighted by atomic mass is 10.1. The molecular weight excluding hydrogens is 278 g/mol. The van der Waals surface area contributed by atoms with E-state index >= 15 is 0 Å². The number of hydrogen-bond acceptors (Lipinski definition) is 4. The summed E-state index contributed by atoms with van der Waals surface area (Å²) in [7, 11) is -2.18. The lowest BCUT2D eigenvalue weighted by Crippen LogP contribution is -2.52. The first-order chi connectivity index (χ1) is 9.45. The topological polar surface area (TPSA) is 78.5 Å². The zero-order valence-electron chi connectivity index (χ0n) is 11.6. The number of rotatable bonds is 3. The van der Waals surface area contributed by atoms with Crippen molar-refractivity contribution < 1.29 is 13.2 Å². The van der Waals surface area contributed by atoms with Crippen molar-refractivity contribution in [3.8, 4) is 0 Å². The average Bonchev–Trinajstić information content (AvgIpc) is 2.47. The highest BCUT2D eigenvalue weighted by molar-refractivity contribution is 7.89. The molecule has 0 radical (unpaired) electrons. The maximum absolute atomic E-state index is 12.5. The van der Waals surface area contributed by atoms with Crippen LogP contribution in [-0.2, 0) is 10.0 Å². The molecule has 0 unspecified atom stereocenters. The number of sulfonamides is 1. The number of nitrogens with one attached hydrogen (secondary N) is 2. The van der Waals surface area contributed by atoms with E-state index in [0.717, 1.165) is 13.1 Å². The van der Waals surface area contributed by atoms with Gasteiger partial charge in [-0.3, -0.25) is 4.79 Å². The normalized spacial score (nSPS) is 19.9. The Kier molecular flexibility index (Phi) is 4.42. The van der Waals surface area contributed by atoms with Crippen molar-refractivity contribution in [2.45, 2.75) is 17.9 Å². The maximum atomic E-state index is 12.5. The Morgan fingerprint density at radius 3 is 2.85 bits per heavy atom. The van der Waals surface area contributed by atoms with Gasteiger partial charge in [-0.2, -0.15) is 0 Å². The summed E-state index contributed by atoms with van der Waals surface area (Å²) in [6.45, 7) is 4.10. The van der Waals surface area contributed by atoms with E-state index in [9.17, 15) is 13.2 Å². The van der Waals surface area contributed by atoms with Crippen molar-refractivity contribution in [1.82, 2.24) is 14.9 Å². The zero-order chi connectivity index (χ0) is 14.8. The van der Waals surface area contributed by atoms with Crippen molar-refractivity contribution in [3.05, 3.63) is 29.8 Å². The standard InChI is InChI=1S/C13H19N3O3S/c1-10-9-15-6-7-16(10)13(17)11-4-3-5-12(8-11)20(18,19)14-2/h3-5,8,10,14-15H,6-7,9H2,1-2H3/t10-/m1/s1.